The van der Waals surface area contributed by atoms with Crippen LogP contribution in [0.4, 0.5) is 0 Å². The highest BCUT2D eigenvalue weighted by atomic mass is 16.5. The Kier molecular flexibility index (Phi) is 5.68. The zero-order valence-corrected chi connectivity index (χ0v) is 15.0. The third-order valence-corrected chi connectivity index (χ3v) is 4.82. The zero-order chi connectivity index (χ0) is 18.5. The first-order valence-electron chi connectivity index (χ1n) is 8.87. The average Bonchev–Trinajstić information content (AvgIpc) is 2.68. The van der Waals surface area contributed by atoms with Crippen LogP contribution in [0.2, 0.25) is 0 Å². The molecule has 136 valence electrons. The number of piperidine rings is 1. The van der Waals surface area contributed by atoms with Gasteiger partial charge in [-0.15, -0.1) is 0 Å². The Balaban J connectivity index is 1.86. The number of likely N-dealkylation sites (tertiary alicyclic amines) is 1. The van der Waals surface area contributed by atoms with Crippen molar-refractivity contribution in [2.75, 3.05) is 26.8 Å². The fourth-order valence-electron chi connectivity index (χ4n) is 3.57. The lowest BCUT2D eigenvalue weighted by atomic mass is 9.96. The summed E-state index contributed by atoms with van der Waals surface area (Å²) in [4.78, 5) is 26.5. The Labute approximate surface area is 153 Å². The van der Waals surface area contributed by atoms with Gasteiger partial charge in [0, 0.05) is 31.3 Å². The summed E-state index contributed by atoms with van der Waals surface area (Å²) in [6.45, 7) is 2.16. The van der Waals surface area contributed by atoms with E-state index in [0.717, 1.165) is 37.1 Å². The van der Waals surface area contributed by atoms with Gasteiger partial charge in [0.25, 0.3) is 5.91 Å². The SMILES string of the molecule is COCC1CCCN(C(=O)c2cccc(-c3ccccc3C(N)=O)c2)C1. The number of benzene rings is 2. The summed E-state index contributed by atoms with van der Waals surface area (Å²) in [5.41, 5.74) is 8.12. The number of carbonyl (C=O) groups is 2. The molecule has 0 aliphatic carbocycles. The van der Waals surface area contributed by atoms with Crippen molar-refractivity contribution in [3.05, 3.63) is 59.7 Å². The molecule has 2 aromatic carbocycles. The number of nitrogens with two attached hydrogens (primary N) is 1. The molecule has 1 fully saturated rings. The first kappa shape index (κ1) is 18.1. The molecule has 2 amide bonds. The summed E-state index contributed by atoms with van der Waals surface area (Å²) in [5.74, 6) is -0.0727. The van der Waals surface area contributed by atoms with Gasteiger partial charge in [-0.1, -0.05) is 30.3 Å². The highest BCUT2D eigenvalue weighted by Crippen LogP contribution is 2.26. The predicted octanol–water partition coefficient (Wildman–Crippen LogP) is 2.95. The molecule has 2 aromatic rings. The molecule has 26 heavy (non-hydrogen) atoms. The zero-order valence-electron chi connectivity index (χ0n) is 15.0. The van der Waals surface area contributed by atoms with E-state index in [1.165, 1.54) is 0 Å². The molecule has 1 aliphatic heterocycles. The van der Waals surface area contributed by atoms with Crippen LogP contribution in [0.15, 0.2) is 48.5 Å². The van der Waals surface area contributed by atoms with E-state index in [1.807, 2.05) is 41.3 Å². The van der Waals surface area contributed by atoms with Crippen molar-refractivity contribution >= 4 is 11.8 Å². The monoisotopic (exact) mass is 352 g/mol. The Morgan fingerprint density at radius 2 is 2.00 bits per heavy atom. The Morgan fingerprint density at radius 1 is 1.19 bits per heavy atom. The first-order valence-corrected chi connectivity index (χ1v) is 8.87. The molecular weight excluding hydrogens is 328 g/mol. The molecule has 1 atom stereocenters. The molecule has 1 heterocycles. The topological polar surface area (TPSA) is 72.6 Å². The van der Waals surface area contributed by atoms with Crippen molar-refractivity contribution < 1.29 is 14.3 Å². The number of primary amides is 1. The molecule has 0 aromatic heterocycles. The van der Waals surface area contributed by atoms with E-state index in [-0.39, 0.29) is 5.91 Å². The highest BCUT2D eigenvalue weighted by Gasteiger charge is 2.24. The van der Waals surface area contributed by atoms with Crippen LogP contribution in [0.3, 0.4) is 0 Å². The van der Waals surface area contributed by atoms with Crippen LogP contribution in [0, 0.1) is 5.92 Å². The quantitative estimate of drug-likeness (QED) is 0.899. The highest BCUT2D eigenvalue weighted by molar-refractivity contribution is 6.01. The van der Waals surface area contributed by atoms with E-state index in [0.29, 0.717) is 23.7 Å². The van der Waals surface area contributed by atoms with Crippen LogP contribution in [0.5, 0.6) is 0 Å². The third-order valence-electron chi connectivity index (χ3n) is 4.82. The summed E-state index contributed by atoms with van der Waals surface area (Å²) in [5, 5.41) is 0. The van der Waals surface area contributed by atoms with E-state index in [9.17, 15) is 9.59 Å². The maximum absolute atomic E-state index is 12.9. The number of hydrogen-bond acceptors (Lipinski definition) is 3. The fourth-order valence-corrected chi connectivity index (χ4v) is 3.57. The van der Waals surface area contributed by atoms with Crippen LogP contribution < -0.4 is 5.73 Å². The van der Waals surface area contributed by atoms with E-state index >= 15 is 0 Å². The minimum absolute atomic E-state index is 0.0178. The Hall–Kier alpha value is -2.66. The smallest absolute Gasteiger partial charge is 0.253 e. The summed E-state index contributed by atoms with van der Waals surface area (Å²) < 4.78 is 5.25. The summed E-state index contributed by atoms with van der Waals surface area (Å²) in [6, 6.07) is 14.6. The molecule has 0 spiro atoms. The maximum atomic E-state index is 12.9. The molecule has 0 saturated carbocycles. The summed E-state index contributed by atoms with van der Waals surface area (Å²) in [6.07, 6.45) is 2.08. The van der Waals surface area contributed by atoms with Gasteiger partial charge in [-0.2, -0.15) is 0 Å². The van der Waals surface area contributed by atoms with Crippen molar-refractivity contribution in [3.63, 3.8) is 0 Å². The molecule has 1 unspecified atom stereocenters. The van der Waals surface area contributed by atoms with Crippen LogP contribution in [-0.2, 0) is 4.74 Å². The van der Waals surface area contributed by atoms with Crippen LogP contribution in [0.1, 0.15) is 33.6 Å². The number of methoxy groups -OCH3 is 1. The second kappa shape index (κ2) is 8.15. The van der Waals surface area contributed by atoms with Crippen LogP contribution in [-0.4, -0.2) is 43.5 Å². The van der Waals surface area contributed by atoms with Gasteiger partial charge in [0.1, 0.15) is 0 Å². The lowest BCUT2D eigenvalue weighted by Gasteiger charge is -2.32. The molecule has 1 saturated heterocycles. The number of ether oxygens (including phenoxy) is 1. The molecular formula is C21H24N2O3. The summed E-state index contributed by atoms with van der Waals surface area (Å²) >= 11 is 0. The van der Waals surface area contributed by atoms with Gasteiger partial charge in [-0.3, -0.25) is 9.59 Å². The molecule has 5 nitrogen and oxygen atoms in total. The van der Waals surface area contributed by atoms with E-state index in [2.05, 4.69) is 0 Å². The van der Waals surface area contributed by atoms with Gasteiger partial charge in [-0.25, -0.2) is 0 Å². The number of amides is 2. The van der Waals surface area contributed by atoms with Gasteiger partial charge in [0.2, 0.25) is 5.91 Å². The maximum Gasteiger partial charge on any atom is 0.253 e. The number of rotatable bonds is 5. The Bertz CT molecular complexity index is 801. The first-order chi connectivity index (χ1) is 12.6. The third kappa shape index (κ3) is 3.94. The number of hydrogen-bond donors (Lipinski definition) is 1. The second-order valence-electron chi connectivity index (χ2n) is 6.71. The lowest BCUT2D eigenvalue weighted by molar-refractivity contribution is 0.0571. The minimum atomic E-state index is -0.476. The van der Waals surface area contributed by atoms with Gasteiger partial charge in [-0.05, 0) is 48.1 Å². The van der Waals surface area contributed by atoms with E-state index in [4.69, 9.17) is 10.5 Å². The van der Waals surface area contributed by atoms with Crippen LogP contribution in [0.25, 0.3) is 11.1 Å². The van der Waals surface area contributed by atoms with Crippen molar-refractivity contribution in [3.8, 4) is 11.1 Å². The van der Waals surface area contributed by atoms with Gasteiger partial charge < -0.3 is 15.4 Å². The van der Waals surface area contributed by atoms with Crippen molar-refractivity contribution in [2.45, 2.75) is 12.8 Å². The predicted molar refractivity (Wildman–Crippen MR) is 101 cm³/mol. The molecule has 0 radical (unpaired) electrons. The largest absolute Gasteiger partial charge is 0.384 e. The van der Waals surface area contributed by atoms with Gasteiger partial charge >= 0.3 is 0 Å². The minimum Gasteiger partial charge on any atom is -0.384 e. The molecule has 5 heteroatoms. The normalized spacial score (nSPS) is 17.1. The average molecular weight is 352 g/mol. The van der Waals surface area contributed by atoms with Gasteiger partial charge in [0.05, 0.1) is 6.61 Å². The van der Waals surface area contributed by atoms with Crippen molar-refractivity contribution in [1.82, 2.24) is 4.90 Å². The number of carbonyl (C=O) groups excluding carboxylic acids is 2. The molecule has 1 aliphatic rings. The van der Waals surface area contributed by atoms with Crippen molar-refractivity contribution in [2.24, 2.45) is 11.7 Å². The van der Waals surface area contributed by atoms with Crippen LogP contribution >= 0.6 is 0 Å². The van der Waals surface area contributed by atoms with E-state index in [1.54, 1.807) is 19.2 Å². The Morgan fingerprint density at radius 3 is 2.77 bits per heavy atom. The summed E-state index contributed by atoms with van der Waals surface area (Å²) in [7, 11) is 1.69. The molecule has 3 rings (SSSR count). The van der Waals surface area contributed by atoms with Crippen molar-refractivity contribution in [1.29, 1.82) is 0 Å². The van der Waals surface area contributed by atoms with Gasteiger partial charge in [0.15, 0.2) is 0 Å². The van der Waals surface area contributed by atoms with E-state index < -0.39 is 5.91 Å². The lowest BCUT2D eigenvalue weighted by Crippen LogP contribution is -2.41. The second-order valence-corrected chi connectivity index (χ2v) is 6.71. The standard InChI is InChI=1S/C21H24N2O3/c1-26-14-15-6-5-11-23(13-15)21(25)17-8-4-7-16(12-17)18-9-2-3-10-19(18)20(22)24/h2-4,7-10,12,15H,5-6,11,13-14H2,1H3,(H2,22,24). The molecule has 0 bridgehead atoms. The fraction of sp³-hybridized carbons (Fsp3) is 0.333. The number of nitrogens with zero attached hydrogens (tertiary/aromatic N) is 1. The molecule has 2 N–H and O–H groups in total.